The lowest BCUT2D eigenvalue weighted by Gasteiger charge is -2.16. The summed E-state index contributed by atoms with van der Waals surface area (Å²) < 4.78 is 0. The van der Waals surface area contributed by atoms with E-state index in [1.807, 2.05) is 11.8 Å². The lowest BCUT2D eigenvalue weighted by molar-refractivity contribution is 0.755. The molecular weight excluding hydrogens is 214 g/mol. The molecule has 0 heterocycles. The van der Waals surface area contributed by atoms with E-state index in [0.717, 1.165) is 0 Å². The summed E-state index contributed by atoms with van der Waals surface area (Å²) in [4.78, 5) is 0. The van der Waals surface area contributed by atoms with Gasteiger partial charge in [-0.1, -0.05) is 25.0 Å². The maximum Gasteiger partial charge on any atom is 0.0345 e. The van der Waals surface area contributed by atoms with E-state index < -0.39 is 0 Å². The number of hydrogen-bond donors (Lipinski definition) is 1. The molecule has 2 heteroatoms. The molecule has 0 amide bonds. The third kappa shape index (κ3) is 2.94. The van der Waals surface area contributed by atoms with Crippen molar-refractivity contribution in [2.75, 3.05) is 11.6 Å². The molecule has 0 spiro atoms. The molecule has 1 aliphatic carbocycles. The number of anilines is 1. The van der Waals surface area contributed by atoms with Gasteiger partial charge in [-0.2, -0.15) is 11.8 Å². The summed E-state index contributed by atoms with van der Waals surface area (Å²) in [6.45, 7) is 2.26. The second-order valence-corrected chi connectivity index (χ2v) is 5.81. The minimum atomic E-state index is 0.588. The summed E-state index contributed by atoms with van der Waals surface area (Å²) in [7, 11) is 0. The monoisotopic (exact) mass is 235 g/mol. The molecule has 1 N–H and O–H groups in total. The van der Waals surface area contributed by atoms with Crippen molar-refractivity contribution in [3.05, 3.63) is 29.8 Å². The van der Waals surface area contributed by atoms with Gasteiger partial charge in [-0.3, -0.25) is 0 Å². The third-order valence-electron chi connectivity index (χ3n) is 3.44. The van der Waals surface area contributed by atoms with E-state index in [4.69, 9.17) is 0 Å². The first-order chi connectivity index (χ1) is 7.79. The van der Waals surface area contributed by atoms with E-state index in [1.165, 1.54) is 36.9 Å². The van der Waals surface area contributed by atoms with Crippen LogP contribution in [-0.4, -0.2) is 12.3 Å². The van der Waals surface area contributed by atoms with Gasteiger partial charge in [0.05, 0.1) is 0 Å². The average molecular weight is 235 g/mol. The molecule has 1 aliphatic rings. The zero-order valence-corrected chi connectivity index (χ0v) is 11.0. The maximum absolute atomic E-state index is 3.65. The van der Waals surface area contributed by atoms with Crippen LogP contribution in [-0.2, 0) is 0 Å². The topological polar surface area (TPSA) is 12.0 Å². The summed E-state index contributed by atoms with van der Waals surface area (Å²) in [5.41, 5.74) is 2.72. The van der Waals surface area contributed by atoms with Gasteiger partial charge in [-0.25, -0.2) is 0 Å². The van der Waals surface area contributed by atoms with Crippen LogP contribution in [0.4, 0.5) is 5.69 Å². The number of nitrogens with one attached hydrogen (secondary N) is 1. The highest BCUT2D eigenvalue weighted by Gasteiger charge is 2.14. The summed E-state index contributed by atoms with van der Waals surface area (Å²) >= 11 is 1.90. The van der Waals surface area contributed by atoms with Crippen LogP contribution in [0.1, 0.15) is 43.4 Å². The SMILES string of the molecule is CSC(C)c1cccc(NC2CCCC2)c1. The van der Waals surface area contributed by atoms with Crippen LogP contribution in [0, 0.1) is 0 Å². The van der Waals surface area contributed by atoms with Crippen molar-refractivity contribution in [2.24, 2.45) is 0 Å². The molecule has 0 bridgehead atoms. The van der Waals surface area contributed by atoms with E-state index in [1.54, 1.807) is 0 Å². The molecule has 2 rings (SSSR count). The maximum atomic E-state index is 3.65. The van der Waals surface area contributed by atoms with Gasteiger partial charge in [0, 0.05) is 17.0 Å². The lowest BCUT2D eigenvalue weighted by atomic mass is 10.1. The molecule has 1 saturated carbocycles. The van der Waals surface area contributed by atoms with Crippen LogP contribution < -0.4 is 5.32 Å². The highest BCUT2D eigenvalue weighted by Crippen LogP contribution is 2.28. The molecule has 88 valence electrons. The fourth-order valence-corrected chi connectivity index (χ4v) is 2.74. The summed E-state index contributed by atoms with van der Waals surface area (Å²) in [5, 5.41) is 4.24. The van der Waals surface area contributed by atoms with Gasteiger partial charge in [0.25, 0.3) is 0 Å². The number of hydrogen-bond acceptors (Lipinski definition) is 2. The molecule has 1 atom stereocenters. The van der Waals surface area contributed by atoms with Crippen LogP contribution in [0.15, 0.2) is 24.3 Å². The van der Waals surface area contributed by atoms with Crippen molar-refractivity contribution in [1.82, 2.24) is 0 Å². The molecule has 0 saturated heterocycles. The Hall–Kier alpha value is -0.630. The molecule has 1 nitrogen and oxygen atoms in total. The average Bonchev–Trinajstić information content (AvgIpc) is 2.81. The minimum Gasteiger partial charge on any atom is -0.382 e. The Labute approximate surface area is 103 Å². The van der Waals surface area contributed by atoms with E-state index >= 15 is 0 Å². The Morgan fingerprint density at radius 2 is 2.06 bits per heavy atom. The Morgan fingerprint density at radius 3 is 2.75 bits per heavy atom. The number of rotatable bonds is 4. The molecule has 1 unspecified atom stereocenters. The predicted molar refractivity (Wildman–Crippen MR) is 74.3 cm³/mol. The van der Waals surface area contributed by atoms with Crippen LogP contribution in [0.3, 0.4) is 0 Å². The van der Waals surface area contributed by atoms with E-state index in [0.29, 0.717) is 11.3 Å². The van der Waals surface area contributed by atoms with Gasteiger partial charge in [0.15, 0.2) is 0 Å². The quantitative estimate of drug-likeness (QED) is 0.826. The van der Waals surface area contributed by atoms with Crippen LogP contribution in [0.2, 0.25) is 0 Å². The zero-order valence-electron chi connectivity index (χ0n) is 10.2. The van der Waals surface area contributed by atoms with Crippen molar-refractivity contribution in [3.8, 4) is 0 Å². The second-order valence-electron chi connectivity index (χ2n) is 4.63. The summed E-state index contributed by atoms with van der Waals surface area (Å²) in [5.74, 6) is 0. The summed E-state index contributed by atoms with van der Waals surface area (Å²) in [6, 6.07) is 9.59. The molecule has 0 aliphatic heterocycles. The highest BCUT2D eigenvalue weighted by molar-refractivity contribution is 7.98. The van der Waals surface area contributed by atoms with Crippen molar-refractivity contribution in [3.63, 3.8) is 0 Å². The van der Waals surface area contributed by atoms with Crippen molar-refractivity contribution < 1.29 is 0 Å². The first-order valence-corrected chi connectivity index (χ1v) is 7.47. The normalized spacial score (nSPS) is 18.6. The first kappa shape index (κ1) is 11.8. The van der Waals surface area contributed by atoms with Gasteiger partial charge in [-0.05, 0) is 43.7 Å². The van der Waals surface area contributed by atoms with Gasteiger partial charge < -0.3 is 5.32 Å². The molecular formula is C14H21NS. The smallest absolute Gasteiger partial charge is 0.0345 e. The Balaban J connectivity index is 2.03. The lowest BCUT2D eigenvalue weighted by Crippen LogP contribution is -2.14. The first-order valence-electron chi connectivity index (χ1n) is 6.19. The summed E-state index contributed by atoms with van der Waals surface area (Å²) in [6.07, 6.45) is 7.61. The molecule has 1 aromatic rings. The standard InChI is InChI=1S/C14H21NS/c1-11(16-2)12-6-5-9-14(10-12)15-13-7-3-4-8-13/h5-6,9-11,13,15H,3-4,7-8H2,1-2H3. The third-order valence-corrected chi connectivity index (χ3v) is 4.41. The Bertz CT molecular complexity index is 331. The van der Waals surface area contributed by atoms with Crippen molar-refractivity contribution >= 4 is 17.4 Å². The Kier molecular flexibility index (Phi) is 4.16. The fraction of sp³-hybridized carbons (Fsp3) is 0.571. The van der Waals surface area contributed by atoms with Crippen LogP contribution in [0.5, 0.6) is 0 Å². The largest absolute Gasteiger partial charge is 0.382 e. The highest BCUT2D eigenvalue weighted by atomic mass is 32.2. The van der Waals surface area contributed by atoms with E-state index in [2.05, 4.69) is 42.8 Å². The van der Waals surface area contributed by atoms with Gasteiger partial charge in [-0.15, -0.1) is 0 Å². The number of benzene rings is 1. The zero-order chi connectivity index (χ0) is 11.4. The molecule has 0 aromatic heterocycles. The van der Waals surface area contributed by atoms with Crippen LogP contribution >= 0.6 is 11.8 Å². The van der Waals surface area contributed by atoms with E-state index in [9.17, 15) is 0 Å². The minimum absolute atomic E-state index is 0.588. The fourth-order valence-electron chi connectivity index (χ4n) is 2.32. The van der Waals surface area contributed by atoms with Gasteiger partial charge >= 0.3 is 0 Å². The van der Waals surface area contributed by atoms with Gasteiger partial charge in [0.1, 0.15) is 0 Å². The molecule has 1 fully saturated rings. The second kappa shape index (κ2) is 5.62. The molecule has 1 aromatic carbocycles. The number of thioether (sulfide) groups is 1. The van der Waals surface area contributed by atoms with Crippen molar-refractivity contribution in [2.45, 2.75) is 43.9 Å². The molecule has 0 radical (unpaired) electrons. The Morgan fingerprint density at radius 1 is 1.31 bits per heavy atom. The molecule has 16 heavy (non-hydrogen) atoms. The predicted octanol–water partition coefficient (Wildman–Crippen LogP) is 4.47. The van der Waals surface area contributed by atoms with Crippen molar-refractivity contribution in [1.29, 1.82) is 0 Å². The van der Waals surface area contributed by atoms with Gasteiger partial charge in [0.2, 0.25) is 0 Å². The van der Waals surface area contributed by atoms with Crippen LogP contribution in [0.25, 0.3) is 0 Å². The van der Waals surface area contributed by atoms with E-state index in [-0.39, 0.29) is 0 Å².